The van der Waals surface area contributed by atoms with Gasteiger partial charge in [-0.25, -0.2) is 9.78 Å². The summed E-state index contributed by atoms with van der Waals surface area (Å²) >= 11 is 1.39. The van der Waals surface area contributed by atoms with E-state index in [0.29, 0.717) is 18.7 Å². The quantitative estimate of drug-likeness (QED) is 0.686. The Morgan fingerprint density at radius 2 is 2.21 bits per heavy atom. The summed E-state index contributed by atoms with van der Waals surface area (Å²) in [5.41, 5.74) is 6.06. The maximum atomic E-state index is 11.8. The second-order valence-electron chi connectivity index (χ2n) is 4.70. The lowest BCUT2D eigenvalue weighted by Gasteiger charge is -2.16. The number of aromatic nitrogens is 1. The number of thiazole rings is 1. The van der Waals surface area contributed by atoms with E-state index in [1.807, 2.05) is 13.8 Å². The van der Waals surface area contributed by atoms with Crippen LogP contribution in [0.1, 0.15) is 31.0 Å². The average Bonchev–Trinajstić information content (AvgIpc) is 2.75. The molecule has 7 heteroatoms. The summed E-state index contributed by atoms with van der Waals surface area (Å²) in [5.74, 6) is -1.14. The van der Waals surface area contributed by atoms with E-state index in [0.717, 1.165) is 5.01 Å². The van der Waals surface area contributed by atoms with Crippen LogP contribution in [0.2, 0.25) is 0 Å². The molecule has 19 heavy (non-hydrogen) atoms. The maximum absolute atomic E-state index is 11.8. The molecule has 4 N–H and O–H groups in total. The fourth-order valence-corrected chi connectivity index (χ4v) is 2.30. The molecule has 1 amide bonds. The second kappa shape index (κ2) is 7.20. The molecule has 0 saturated heterocycles. The second-order valence-corrected chi connectivity index (χ2v) is 5.64. The summed E-state index contributed by atoms with van der Waals surface area (Å²) in [7, 11) is 0. The summed E-state index contributed by atoms with van der Waals surface area (Å²) < 4.78 is 0. The predicted molar refractivity (Wildman–Crippen MR) is 72.7 cm³/mol. The first-order valence-corrected chi connectivity index (χ1v) is 6.95. The van der Waals surface area contributed by atoms with Crippen molar-refractivity contribution in [2.45, 2.75) is 39.3 Å². The van der Waals surface area contributed by atoms with E-state index in [9.17, 15) is 9.59 Å². The van der Waals surface area contributed by atoms with Gasteiger partial charge in [0.05, 0.1) is 12.1 Å². The van der Waals surface area contributed by atoms with Gasteiger partial charge in [0, 0.05) is 11.9 Å². The number of nitrogens with two attached hydrogens (primary N) is 1. The molecule has 106 valence electrons. The van der Waals surface area contributed by atoms with Crippen molar-refractivity contribution in [3.05, 3.63) is 16.1 Å². The number of carbonyl (C=O) groups is 2. The first kappa shape index (κ1) is 15.6. The highest BCUT2D eigenvalue weighted by Gasteiger charge is 2.21. The zero-order chi connectivity index (χ0) is 14.4. The van der Waals surface area contributed by atoms with Crippen LogP contribution in [0.4, 0.5) is 0 Å². The number of nitrogens with zero attached hydrogens (tertiary/aromatic N) is 1. The highest BCUT2D eigenvalue weighted by Crippen LogP contribution is 2.10. The van der Waals surface area contributed by atoms with Gasteiger partial charge in [0.25, 0.3) is 0 Å². The van der Waals surface area contributed by atoms with Crippen molar-refractivity contribution >= 4 is 23.2 Å². The van der Waals surface area contributed by atoms with Crippen molar-refractivity contribution in [3.63, 3.8) is 0 Å². The van der Waals surface area contributed by atoms with Crippen LogP contribution in [0.25, 0.3) is 0 Å². The molecule has 1 aromatic heterocycles. The number of carbonyl (C=O) groups excluding carboxylic acids is 1. The van der Waals surface area contributed by atoms with Crippen LogP contribution < -0.4 is 11.1 Å². The molecule has 0 saturated carbocycles. The van der Waals surface area contributed by atoms with E-state index >= 15 is 0 Å². The number of carboxylic acid groups (broad SMARTS) is 1. The van der Waals surface area contributed by atoms with Gasteiger partial charge in [0.15, 0.2) is 0 Å². The molecule has 1 heterocycles. The van der Waals surface area contributed by atoms with Crippen molar-refractivity contribution in [3.8, 4) is 0 Å². The van der Waals surface area contributed by atoms with Crippen LogP contribution in [0.5, 0.6) is 0 Å². The highest BCUT2D eigenvalue weighted by atomic mass is 32.1. The van der Waals surface area contributed by atoms with Crippen LogP contribution in [-0.4, -0.2) is 28.0 Å². The van der Waals surface area contributed by atoms with Crippen molar-refractivity contribution in [1.29, 1.82) is 0 Å². The van der Waals surface area contributed by atoms with Crippen LogP contribution in [0, 0.1) is 5.92 Å². The van der Waals surface area contributed by atoms with Crippen LogP contribution >= 0.6 is 11.3 Å². The van der Waals surface area contributed by atoms with Crippen LogP contribution in [0.15, 0.2) is 5.38 Å². The third-order valence-electron chi connectivity index (χ3n) is 2.46. The lowest BCUT2D eigenvalue weighted by molar-refractivity contribution is -0.142. The first-order valence-electron chi connectivity index (χ1n) is 6.08. The third-order valence-corrected chi connectivity index (χ3v) is 3.38. The fourth-order valence-electron chi connectivity index (χ4n) is 1.63. The van der Waals surface area contributed by atoms with Gasteiger partial charge in [-0.1, -0.05) is 13.8 Å². The van der Waals surface area contributed by atoms with Gasteiger partial charge in [-0.3, -0.25) is 4.79 Å². The van der Waals surface area contributed by atoms with Crippen LogP contribution in [-0.2, 0) is 22.6 Å². The van der Waals surface area contributed by atoms with Crippen molar-refractivity contribution in [1.82, 2.24) is 10.3 Å². The normalized spacial score (nSPS) is 12.4. The van der Waals surface area contributed by atoms with Gasteiger partial charge in [-0.05, 0) is 12.3 Å². The molecule has 0 aliphatic rings. The van der Waals surface area contributed by atoms with Gasteiger partial charge in [0.1, 0.15) is 11.0 Å². The molecule has 0 spiro atoms. The Morgan fingerprint density at radius 3 is 2.68 bits per heavy atom. The van der Waals surface area contributed by atoms with Gasteiger partial charge in [0.2, 0.25) is 5.91 Å². The average molecular weight is 285 g/mol. The molecule has 1 unspecified atom stereocenters. The summed E-state index contributed by atoms with van der Waals surface area (Å²) in [6.45, 7) is 4.17. The first-order chi connectivity index (χ1) is 8.92. The molecule has 1 aromatic rings. The topological polar surface area (TPSA) is 105 Å². The predicted octanol–water partition coefficient (Wildman–Crippen LogP) is 0.760. The molecule has 0 aliphatic heterocycles. The number of hydrogen-bond donors (Lipinski definition) is 3. The molecule has 6 nitrogen and oxygen atoms in total. The molecule has 0 aliphatic carbocycles. The largest absolute Gasteiger partial charge is 0.480 e. The lowest BCUT2D eigenvalue weighted by Crippen LogP contribution is -2.42. The van der Waals surface area contributed by atoms with E-state index in [4.69, 9.17) is 10.8 Å². The molecule has 0 aromatic carbocycles. The Bertz CT molecular complexity index is 445. The van der Waals surface area contributed by atoms with E-state index in [1.54, 1.807) is 5.38 Å². The fraction of sp³-hybridized carbons (Fsp3) is 0.583. The third kappa shape index (κ3) is 5.35. The zero-order valence-electron chi connectivity index (χ0n) is 11.0. The Labute approximate surface area is 116 Å². The van der Waals surface area contributed by atoms with Gasteiger partial charge in [-0.2, -0.15) is 0 Å². The smallest absolute Gasteiger partial charge is 0.326 e. The molecular formula is C12H19N3O3S. The Kier molecular flexibility index (Phi) is 5.91. The Hall–Kier alpha value is -1.47. The molecule has 0 bridgehead atoms. The maximum Gasteiger partial charge on any atom is 0.326 e. The van der Waals surface area contributed by atoms with E-state index in [-0.39, 0.29) is 18.2 Å². The number of hydrogen-bond acceptors (Lipinski definition) is 5. The number of nitrogens with one attached hydrogen (secondary N) is 1. The zero-order valence-corrected chi connectivity index (χ0v) is 11.9. The van der Waals surface area contributed by atoms with Crippen molar-refractivity contribution in [2.75, 3.05) is 0 Å². The number of aliphatic carboxylic acids is 1. The standard InChI is InChI=1S/C12H19N3O3S/c1-7(2)3-9(12(17)18)15-10(16)4-8-6-19-11(5-13)14-8/h6-7,9H,3-5,13H2,1-2H3,(H,15,16)(H,17,18). The monoisotopic (exact) mass is 285 g/mol. The minimum absolute atomic E-state index is 0.0817. The van der Waals surface area contributed by atoms with Crippen molar-refractivity contribution in [2.24, 2.45) is 11.7 Å². The molecule has 1 rings (SSSR count). The molecule has 0 fully saturated rings. The highest BCUT2D eigenvalue weighted by molar-refractivity contribution is 7.09. The molecule has 0 radical (unpaired) electrons. The van der Waals surface area contributed by atoms with Gasteiger partial charge in [-0.15, -0.1) is 11.3 Å². The minimum atomic E-state index is -1.01. The number of amides is 1. The lowest BCUT2D eigenvalue weighted by atomic mass is 10.0. The molecule has 1 atom stereocenters. The minimum Gasteiger partial charge on any atom is -0.480 e. The summed E-state index contributed by atoms with van der Waals surface area (Å²) in [6, 6.07) is -0.847. The van der Waals surface area contributed by atoms with E-state index < -0.39 is 12.0 Å². The van der Waals surface area contributed by atoms with E-state index in [2.05, 4.69) is 10.3 Å². The molecular weight excluding hydrogens is 266 g/mol. The van der Waals surface area contributed by atoms with Crippen molar-refractivity contribution < 1.29 is 14.7 Å². The van der Waals surface area contributed by atoms with Gasteiger partial charge >= 0.3 is 5.97 Å². The Morgan fingerprint density at radius 1 is 1.53 bits per heavy atom. The summed E-state index contributed by atoms with van der Waals surface area (Å²) in [4.78, 5) is 27.0. The number of carboxylic acids is 1. The van der Waals surface area contributed by atoms with Gasteiger partial charge < -0.3 is 16.2 Å². The van der Waals surface area contributed by atoms with E-state index in [1.165, 1.54) is 11.3 Å². The summed E-state index contributed by atoms with van der Waals surface area (Å²) in [5, 5.41) is 14.1. The summed E-state index contributed by atoms with van der Waals surface area (Å²) in [6.07, 6.45) is 0.491. The van der Waals surface area contributed by atoms with Crippen LogP contribution in [0.3, 0.4) is 0 Å². The number of rotatable bonds is 7. The Balaban J connectivity index is 2.54. The SMILES string of the molecule is CC(C)CC(NC(=O)Cc1csc(CN)n1)C(=O)O.